The van der Waals surface area contributed by atoms with Crippen molar-refractivity contribution in [2.75, 3.05) is 32.2 Å². The fraction of sp³-hybridized carbons (Fsp3) is 0.379. The Morgan fingerprint density at radius 2 is 1.53 bits per heavy atom. The highest BCUT2D eigenvalue weighted by Crippen LogP contribution is 2.57. The third-order valence-corrected chi connectivity index (χ3v) is 8.28. The molecule has 2 aromatic rings. The van der Waals surface area contributed by atoms with Gasteiger partial charge in [-0.3, -0.25) is 0 Å². The summed E-state index contributed by atoms with van der Waals surface area (Å²) in [6.07, 6.45) is 11.4. The van der Waals surface area contributed by atoms with Crippen molar-refractivity contribution in [2.45, 2.75) is 43.4 Å². The highest BCUT2D eigenvalue weighted by atomic mass is 16.5. The smallest absolute Gasteiger partial charge is 0.0477 e. The summed E-state index contributed by atoms with van der Waals surface area (Å²) in [6.45, 7) is 5.45. The summed E-state index contributed by atoms with van der Waals surface area (Å²) in [7, 11) is 0. The van der Waals surface area contributed by atoms with Crippen LogP contribution in [-0.2, 0) is 20.3 Å². The molecule has 0 amide bonds. The monoisotopic (exact) mass is 425 g/mol. The Bertz CT molecular complexity index is 1160. The highest BCUT2D eigenvalue weighted by Gasteiger charge is 2.47. The fourth-order valence-electron chi connectivity index (χ4n) is 6.72. The summed E-state index contributed by atoms with van der Waals surface area (Å²) >= 11 is 0. The van der Waals surface area contributed by atoms with Crippen molar-refractivity contribution in [2.24, 2.45) is 0 Å². The number of benzene rings is 2. The van der Waals surface area contributed by atoms with Gasteiger partial charge in [-0.25, -0.2) is 0 Å². The van der Waals surface area contributed by atoms with E-state index in [9.17, 15) is 0 Å². The topological polar surface area (TPSA) is 44.5 Å². The second kappa shape index (κ2) is 7.47. The molecule has 6 rings (SSSR count). The first-order valence-corrected chi connectivity index (χ1v) is 11.9. The van der Waals surface area contributed by atoms with E-state index in [4.69, 9.17) is 15.2 Å². The minimum Gasteiger partial charge on any atom is -0.399 e. The van der Waals surface area contributed by atoms with E-state index in [-0.39, 0.29) is 10.8 Å². The maximum atomic E-state index is 6.24. The number of hydrogen-bond acceptors (Lipinski definition) is 3. The molecular formula is C29H31NO2. The number of nitrogen functional groups attached to an aromatic ring is 1. The lowest BCUT2D eigenvalue weighted by atomic mass is 9.70. The maximum absolute atomic E-state index is 6.24. The van der Waals surface area contributed by atoms with E-state index in [1.807, 2.05) is 6.07 Å². The molecule has 4 aliphatic rings. The highest BCUT2D eigenvalue weighted by molar-refractivity contribution is 5.93. The van der Waals surface area contributed by atoms with E-state index in [0.29, 0.717) is 0 Å². The van der Waals surface area contributed by atoms with Crippen molar-refractivity contribution in [3.05, 3.63) is 88.0 Å². The number of allylic oxidation sites excluding steroid dienone is 5. The molecule has 2 heterocycles. The van der Waals surface area contributed by atoms with Gasteiger partial charge in [0.25, 0.3) is 0 Å². The van der Waals surface area contributed by atoms with Gasteiger partial charge < -0.3 is 15.2 Å². The molecule has 0 unspecified atom stereocenters. The predicted octanol–water partition coefficient (Wildman–Crippen LogP) is 5.81. The van der Waals surface area contributed by atoms with Crippen LogP contribution in [0.1, 0.15) is 54.9 Å². The summed E-state index contributed by atoms with van der Waals surface area (Å²) in [6, 6.07) is 15.4. The van der Waals surface area contributed by atoms with E-state index in [1.165, 1.54) is 39.0 Å². The van der Waals surface area contributed by atoms with Crippen LogP contribution in [0.2, 0.25) is 0 Å². The lowest BCUT2D eigenvalue weighted by Gasteiger charge is -2.37. The van der Waals surface area contributed by atoms with Crippen molar-refractivity contribution >= 4 is 17.3 Å². The standard InChI is InChI=1S/C29H31NO2/c1-2-25-24(23-5-3-4-6-26(23)29(25)11-15-32-16-12-29)18-21-17-20-7-8-22(30)19-27(20)28(21)9-13-31-14-10-28/h2-8,17-19H,9-16,30H2,1H3/b24-18-,25-2+. The predicted molar refractivity (Wildman–Crippen MR) is 130 cm³/mol. The Morgan fingerprint density at radius 1 is 0.844 bits per heavy atom. The molecule has 2 aliphatic carbocycles. The van der Waals surface area contributed by atoms with Crippen LogP contribution in [0.4, 0.5) is 5.69 Å². The van der Waals surface area contributed by atoms with Crippen LogP contribution in [-0.4, -0.2) is 26.4 Å². The van der Waals surface area contributed by atoms with Gasteiger partial charge in [0.05, 0.1) is 0 Å². The van der Waals surface area contributed by atoms with Crippen LogP contribution in [0.5, 0.6) is 0 Å². The van der Waals surface area contributed by atoms with Crippen molar-refractivity contribution in [3.8, 4) is 0 Å². The van der Waals surface area contributed by atoms with Gasteiger partial charge in [-0.1, -0.05) is 42.5 Å². The third kappa shape index (κ3) is 2.74. The number of hydrogen-bond donors (Lipinski definition) is 1. The minimum atomic E-state index is -0.00477. The molecule has 2 saturated heterocycles. The summed E-state index contributed by atoms with van der Waals surface area (Å²) in [4.78, 5) is 0. The average Bonchev–Trinajstić information content (AvgIpc) is 3.25. The molecule has 32 heavy (non-hydrogen) atoms. The fourth-order valence-corrected chi connectivity index (χ4v) is 6.72. The maximum Gasteiger partial charge on any atom is 0.0477 e. The first kappa shape index (κ1) is 20.0. The van der Waals surface area contributed by atoms with Crippen LogP contribution in [0.25, 0.3) is 11.6 Å². The van der Waals surface area contributed by atoms with Crippen LogP contribution >= 0.6 is 0 Å². The molecule has 0 aromatic heterocycles. The molecule has 2 N–H and O–H groups in total. The summed E-state index contributed by atoms with van der Waals surface area (Å²) < 4.78 is 11.6. The molecule has 2 spiro atoms. The number of fused-ring (bicyclic) bond motifs is 4. The Kier molecular flexibility index (Phi) is 4.67. The zero-order valence-corrected chi connectivity index (χ0v) is 18.8. The van der Waals surface area contributed by atoms with E-state index in [1.54, 1.807) is 0 Å². The summed E-state index contributed by atoms with van der Waals surface area (Å²) in [5.74, 6) is 0. The molecule has 0 radical (unpaired) electrons. The lowest BCUT2D eigenvalue weighted by Crippen LogP contribution is -2.34. The summed E-state index contributed by atoms with van der Waals surface area (Å²) in [5.41, 5.74) is 17.0. The Labute approximate surface area is 190 Å². The van der Waals surface area contributed by atoms with Crippen molar-refractivity contribution in [3.63, 3.8) is 0 Å². The van der Waals surface area contributed by atoms with Crippen molar-refractivity contribution < 1.29 is 9.47 Å². The minimum absolute atomic E-state index is 0.00477. The van der Waals surface area contributed by atoms with Gasteiger partial charge in [0.2, 0.25) is 0 Å². The molecule has 0 saturated carbocycles. The second-order valence-electron chi connectivity index (χ2n) is 9.64. The van der Waals surface area contributed by atoms with E-state index >= 15 is 0 Å². The van der Waals surface area contributed by atoms with Gasteiger partial charge in [0, 0.05) is 42.9 Å². The Morgan fingerprint density at radius 3 is 2.25 bits per heavy atom. The first-order valence-electron chi connectivity index (χ1n) is 11.9. The van der Waals surface area contributed by atoms with Crippen LogP contribution in [0, 0.1) is 0 Å². The molecule has 3 heteroatoms. The average molecular weight is 426 g/mol. The molecule has 2 fully saturated rings. The van der Waals surface area contributed by atoms with Crippen LogP contribution < -0.4 is 5.73 Å². The second-order valence-corrected chi connectivity index (χ2v) is 9.64. The molecule has 0 atom stereocenters. The Balaban J connectivity index is 1.53. The largest absolute Gasteiger partial charge is 0.399 e. The normalized spacial score (nSPS) is 25.3. The number of rotatable bonds is 1. The van der Waals surface area contributed by atoms with E-state index in [2.05, 4.69) is 61.5 Å². The SMILES string of the molecule is C/C=C1\C(=C/C2=Cc3ccc(N)cc3C23CCOCC3)c2ccccc2C12CCOCC2. The quantitative estimate of drug-likeness (QED) is 0.587. The molecule has 2 aliphatic heterocycles. The summed E-state index contributed by atoms with van der Waals surface area (Å²) in [5, 5.41) is 0. The van der Waals surface area contributed by atoms with Gasteiger partial charge in [0.15, 0.2) is 0 Å². The first-order chi connectivity index (χ1) is 15.7. The van der Waals surface area contributed by atoms with Gasteiger partial charge >= 0.3 is 0 Å². The van der Waals surface area contributed by atoms with Gasteiger partial charge in [-0.2, -0.15) is 0 Å². The number of nitrogens with two attached hydrogens (primary N) is 1. The number of ether oxygens (including phenoxy) is 2. The van der Waals surface area contributed by atoms with Gasteiger partial charge in [0.1, 0.15) is 0 Å². The number of anilines is 1. The molecule has 164 valence electrons. The van der Waals surface area contributed by atoms with E-state index in [0.717, 1.165) is 57.8 Å². The van der Waals surface area contributed by atoms with Crippen LogP contribution in [0.15, 0.2) is 65.8 Å². The van der Waals surface area contributed by atoms with Gasteiger partial charge in [-0.15, -0.1) is 0 Å². The zero-order chi connectivity index (χ0) is 21.8. The van der Waals surface area contributed by atoms with Crippen molar-refractivity contribution in [1.82, 2.24) is 0 Å². The lowest BCUT2D eigenvalue weighted by molar-refractivity contribution is 0.0636. The molecule has 3 nitrogen and oxygen atoms in total. The molecule has 2 aromatic carbocycles. The van der Waals surface area contributed by atoms with E-state index < -0.39 is 0 Å². The zero-order valence-electron chi connectivity index (χ0n) is 18.8. The third-order valence-electron chi connectivity index (χ3n) is 8.28. The molecule has 0 bridgehead atoms. The van der Waals surface area contributed by atoms with Crippen molar-refractivity contribution in [1.29, 1.82) is 0 Å². The molecular weight excluding hydrogens is 394 g/mol. The van der Waals surface area contributed by atoms with Gasteiger partial charge in [-0.05, 0) is 89.8 Å². The Hall–Kier alpha value is -2.62. The van der Waals surface area contributed by atoms with Crippen LogP contribution in [0.3, 0.4) is 0 Å².